The van der Waals surface area contributed by atoms with E-state index in [-0.39, 0.29) is 12.4 Å². The zero-order chi connectivity index (χ0) is 15.9. The minimum absolute atomic E-state index is 0. The maximum Gasteiger partial charge on any atom is 0.0703 e. The smallest absolute Gasteiger partial charge is 0.0703 e. The highest BCUT2D eigenvalue weighted by Crippen LogP contribution is 2.24. The van der Waals surface area contributed by atoms with Gasteiger partial charge in [-0.2, -0.15) is 16.4 Å². The van der Waals surface area contributed by atoms with Gasteiger partial charge in [0, 0.05) is 42.7 Å². The normalized spacial score (nSPS) is 10.8. The van der Waals surface area contributed by atoms with Gasteiger partial charge in [-0.1, -0.05) is 30.3 Å². The Hall–Kier alpha value is -1.66. The molecule has 0 aliphatic rings. The molecule has 2 aromatic heterocycles. The van der Waals surface area contributed by atoms with Gasteiger partial charge in [0.15, 0.2) is 0 Å². The van der Waals surface area contributed by atoms with Gasteiger partial charge in [-0.25, -0.2) is 0 Å². The zero-order valence-corrected chi connectivity index (χ0v) is 15.2. The van der Waals surface area contributed by atoms with Crippen LogP contribution in [-0.4, -0.2) is 34.7 Å². The molecule has 0 fully saturated rings. The molecule has 0 saturated carbocycles. The second kappa shape index (κ2) is 9.59. The first-order valence-corrected chi connectivity index (χ1v) is 8.82. The monoisotopic (exact) mass is 362 g/mol. The van der Waals surface area contributed by atoms with Gasteiger partial charge in [-0.3, -0.25) is 10.00 Å². The molecule has 3 rings (SSSR count). The molecule has 2 heterocycles. The van der Waals surface area contributed by atoms with Crippen molar-refractivity contribution in [3.8, 4) is 11.3 Å². The SMILES string of the molecule is Cl.NCCN(CCc1ccccc1)Cc1cn[nH]c1-c1ccsc1. The van der Waals surface area contributed by atoms with Crippen molar-refractivity contribution < 1.29 is 0 Å². The van der Waals surface area contributed by atoms with Crippen LogP contribution in [0.15, 0.2) is 53.4 Å². The first kappa shape index (κ1) is 18.7. The van der Waals surface area contributed by atoms with Crippen molar-refractivity contribution in [2.45, 2.75) is 13.0 Å². The number of thiophene rings is 1. The van der Waals surface area contributed by atoms with Crippen molar-refractivity contribution in [2.24, 2.45) is 5.73 Å². The van der Waals surface area contributed by atoms with Gasteiger partial charge in [-0.15, -0.1) is 12.4 Å². The van der Waals surface area contributed by atoms with Crippen molar-refractivity contribution in [1.82, 2.24) is 15.1 Å². The molecule has 0 saturated heterocycles. The van der Waals surface area contributed by atoms with Crippen LogP contribution in [0.2, 0.25) is 0 Å². The van der Waals surface area contributed by atoms with Crippen LogP contribution in [0.1, 0.15) is 11.1 Å². The van der Waals surface area contributed by atoms with E-state index in [9.17, 15) is 0 Å². The van der Waals surface area contributed by atoms with Crippen LogP contribution >= 0.6 is 23.7 Å². The lowest BCUT2D eigenvalue weighted by atomic mass is 10.1. The number of benzene rings is 1. The molecule has 1 aromatic carbocycles. The molecule has 3 aromatic rings. The lowest BCUT2D eigenvalue weighted by Crippen LogP contribution is -2.31. The van der Waals surface area contributed by atoms with Crippen molar-refractivity contribution >= 4 is 23.7 Å². The van der Waals surface area contributed by atoms with E-state index in [4.69, 9.17) is 5.73 Å². The highest BCUT2D eigenvalue weighted by molar-refractivity contribution is 7.08. The summed E-state index contributed by atoms with van der Waals surface area (Å²) in [6.07, 6.45) is 2.96. The second-order valence-corrected chi connectivity index (χ2v) is 6.36. The summed E-state index contributed by atoms with van der Waals surface area (Å²) >= 11 is 1.70. The molecule has 0 bridgehead atoms. The van der Waals surface area contributed by atoms with Gasteiger partial charge in [0.2, 0.25) is 0 Å². The van der Waals surface area contributed by atoms with E-state index in [1.807, 2.05) is 6.20 Å². The predicted molar refractivity (Wildman–Crippen MR) is 104 cm³/mol. The molecule has 128 valence electrons. The van der Waals surface area contributed by atoms with Gasteiger partial charge in [0.25, 0.3) is 0 Å². The summed E-state index contributed by atoms with van der Waals surface area (Å²) < 4.78 is 0. The van der Waals surface area contributed by atoms with Crippen LogP contribution in [0, 0.1) is 0 Å². The number of halogens is 1. The summed E-state index contributed by atoms with van der Waals surface area (Å²) in [4.78, 5) is 2.40. The fourth-order valence-corrected chi connectivity index (χ4v) is 3.36. The number of nitrogens with one attached hydrogen (secondary N) is 1. The highest BCUT2D eigenvalue weighted by atomic mass is 35.5. The largest absolute Gasteiger partial charge is 0.329 e. The maximum atomic E-state index is 5.80. The molecule has 6 heteroatoms. The zero-order valence-electron chi connectivity index (χ0n) is 13.5. The Bertz CT molecular complexity index is 697. The van der Waals surface area contributed by atoms with E-state index in [0.29, 0.717) is 6.54 Å². The van der Waals surface area contributed by atoms with E-state index in [0.717, 1.165) is 31.7 Å². The van der Waals surface area contributed by atoms with Crippen LogP contribution in [0.4, 0.5) is 0 Å². The van der Waals surface area contributed by atoms with Gasteiger partial charge < -0.3 is 5.73 Å². The summed E-state index contributed by atoms with van der Waals surface area (Å²) in [5.74, 6) is 0. The molecule has 3 N–H and O–H groups in total. The fraction of sp³-hybridized carbons (Fsp3) is 0.278. The first-order chi connectivity index (χ1) is 11.4. The highest BCUT2D eigenvalue weighted by Gasteiger charge is 2.12. The Morgan fingerprint density at radius 2 is 1.96 bits per heavy atom. The summed E-state index contributed by atoms with van der Waals surface area (Å²) in [6.45, 7) is 3.42. The Balaban J connectivity index is 0.00000208. The third-order valence-electron chi connectivity index (χ3n) is 3.93. The van der Waals surface area contributed by atoms with Gasteiger partial charge in [0.1, 0.15) is 0 Å². The quantitative estimate of drug-likeness (QED) is 0.644. The average Bonchev–Trinajstić information content (AvgIpc) is 3.25. The van der Waals surface area contributed by atoms with Crippen LogP contribution in [0.25, 0.3) is 11.3 Å². The van der Waals surface area contributed by atoms with E-state index >= 15 is 0 Å². The molecular weight excluding hydrogens is 340 g/mol. The van der Waals surface area contributed by atoms with Crippen LogP contribution in [0.3, 0.4) is 0 Å². The van der Waals surface area contributed by atoms with Gasteiger partial charge >= 0.3 is 0 Å². The van der Waals surface area contributed by atoms with Crippen molar-refractivity contribution in [3.05, 3.63) is 64.5 Å². The topological polar surface area (TPSA) is 57.9 Å². The van der Waals surface area contributed by atoms with Crippen molar-refractivity contribution in [3.63, 3.8) is 0 Å². The second-order valence-electron chi connectivity index (χ2n) is 5.58. The summed E-state index contributed by atoms with van der Waals surface area (Å²) in [7, 11) is 0. The van der Waals surface area contributed by atoms with Gasteiger partial charge in [-0.05, 0) is 23.4 Å². The standard InChI is InChI=1S/C18H22N4S.ClH/c19-8-10-22(9-6-15-4-2-1-3-5-15)13-17-12-20-21-18(17)16-7-11-23-14-16;/h1-5,7,11-12,14H,6,8-10,13,19H2,(H,20,21);1H. The Morgan fingerprint density at radius 1 is 1.12 bits per heavy atom. The van der Waals surface area contributed by atoms with E-state index in [1.165, 1.54) is 16.7 Å². The number of aromatic amines is 1. The minimum atomic E-state index is 0. The molecule has 24 heavy (non-hydrogen) atoms. The Labute approximate surface area is 153 Å². The average molecular weight is 363 g/mol. The number of hydrogen-bond donors (Lipinski definition) is 2. The van der Waals surface area contributed by atoms with Crippen LogP contribution < -0.4 is 5.73 Å². The maximum absolute atomic E-state index is 5.80. The van der Waals surface area contributed by atoms with Gasteiger partial charge in [0.05, 0.1) is 11.9 Å². The predicted octanol–water partition coefficient (Wildman–Crippen LogP) is 3.56. The number of rotatable bonds is 8. The van der Waals surface area contributed by atoms with Crippen LogP contribution in [0.5, 0.6) is 0 Å². The number of nitrogens with zero attached hydrogens (tertiary/aromatic N) is 2. The Morgan fingerprint density at radius 3 is 2.67 bits per heavy atom. The summed E-state index contributed by atoms with van der Waals surface area (Å²) in [5, 5.41) is 11.6. The van der Waals surface area contributed by atoms with E-state index in [1.54, 1.807) is 11.3 Å². The molecule has 0 aliphatic heterocycles. The molecule has 4 nitrogen and oxygen atoms in total. The molecule has 0 radical (unpaired) electrons. The number of nitrogens with two attached hydrogens (primary N) is 1. The van der Waals surface area contributed by atoms with Crippen molar-refractivity contribution in [2.75, 3.05) is 19.6 Å². The summed E-state index contributed by atoms with van der Waals surface area (Å²) in [5.41, 5.74) is 10.7. The third-order valence-corrected chi connectivity index (χ3v) is 4.61. The lowest BCUT2D eigenvalue weighted by molar-refractivity contribution is 0.277. The molecule has 0 spiro atoms. The molecule has 0 amide bonds. The van der Waals surface area contributed by atoms with Crippen LogP contribution in [-0.2, 0) is 13.0 Å². The molecule has 0 aliphatic carbocycles. The number of hydrogen-bond acceptors (Lipinski definition) is 4. The molecular formula is C18H23ClN4S. The number of H-pyrrole nitrogens is 1. The van der Waals surface area contributed by atoms with Crippen molar-refractivity contribution in [1.29, 1.82) is 0 Å². The fourth-order valence-electron chi connectivity index (χ4n) is 2.71. The third kappa shape index (κ3) is 4.92. The molecule has 0 atom stereocenters. The van der Waals surface area contributed by atoms with E-state index < -0.39 is 0 Å². The lowest BCUT2D eigenvalue weighted by Gasteiger charge is -2.21. The molecule has 0 unspecified atom stereocenters. The number of aromatic nitrogens is 2. The minimum Gasteiger partial charge on any atom is -0.329 e. The summed E-state index contributed by atoms with van der Waals surface area (Å²) in [6, 6.07) is 12.7. The van der Waals surface area contributed by atoms with E-state index in [2.05, 4.69) is 62.3 Å². The Kier molecular flexibility index (Phi) is 7.46. The first-order valence-electron chi connectivity index (χ1n) is 7.88.